The molecule has 6 nitrogen and oxygen atoms in total. The number of carbonyl (C=O) groups excluding carboxylic acids is 1. The van der Waals surface area contributed by atoms with Crippen molar-refractivity contribution in [2.75, 3.05) is 24.5 Å². The highest BCUT2D eigenvalue weighted by molar-refractivity contribution is 6.31. The lowest BCUT2D eigenvalue weighted by Gasteiger charge is -2.41. The van der Waals surface area contributed by atoms with E-state index in [0.717, 1.165) is 16.5 Å². The maximum atomic E-state index is 14.4. The number of piperazine rings is 1. The van der Waals surface area contributed by atoms with Gasteiger partial charge in [-0.3, -0.25) is 14.5 Å². The minimum Gasteiger partial charge on any atom is -0.365 e. The van der Waals surface area contributed by atoms with Crippen molar-refractivity contribution in [3.63, 3.8) is 0 Å². The van der Waals surface area contributed by atoms with E-state index in [9.17, 15) is 9.18 Å². The molecule has 1 aliphatic heterocycles. The number of nitrogens with zero attached hydrogens (tertiary/aromatic N) is 5. The number of aromatic nitrogens is 3. The van der Waals surface area contributed by atoms with Gasteiger partial charge in [0.05, 0.1) is 11.2 Å². The maximum Gasteiger partial charge on any atom is 0.244 e. The Bertz CT molecular complexity index is 1000. The van der Waals surface area contributed by atoms with Gasteiger partial charge in [-0.15, -0.1) is 0 Å². The van der Waals surface area contributed by atoms with Gasteiger partial charge in [-0.2, -0.15) is 5.10 Å². The lowest BCUT2D eigenvalue weighted by atomic mass is 10.1. The highest BCUT2D eigenvalue weighted by Crippen LogP contribution is 2.28. The van der Waals surface area contributed by atoms with E-state index in [-0.39, 0.29) is 24.3 Å². The minimum absolute atomic E-state index is 0.000624. The first-order chi connectivity index (χ1) is 13.4. The van der Waals surface area contributed by atoms with Gasteiger partial charge in [0.1, 0.15) is 12.4 Å². The van der Waals surface area contributed by atoms with E-state index >= 15 is 0 Å². The first-order valence-electron chi connectivity index (χ1n) is 9.19. The molecule has 8 heteroatoms. The molecule has 0 N–H and O–H groups in total. The summed E-state index contributed by atoms with van der Waals surface area (Å²) < 4.78 is 16.0. The highest BCUT2D eigenvalue weighted by atomic mass is 35.5. The van der Waals surface area contributed by atoms with E-state index in [1.165, 1.54) is 6.07 Å². The molecule has 1 amide bonds. The molecule has 146 valence electrons. The summed E-state index contributed by atoms with van der Waals surface area (Å²) in [5, 5.41) is 5.75. The van der Waals surface area contributed by atoms with Crippen LogP contribution in [0.25, 0.3) is 10.9 Å². The van der Waals surface area contributed by atoms with Crippen molar-refractivity contribution in [2.45, 2.75) is 26.4 Å². The molecule has 28 heavy (non-hydrogen) atoms. The van der Waals surface area contributed by atoms with Crippen LogP contribution in [0.15, 0.2) is 36.8 Å². The number of hydrogen-bond donors (Lipinski definition) is 0. The molecule has 3 aromatic rings. The second-order valence-corrected chi connectivity index (χ2v) is 7.60. The minimum atomic E-state index is -0.334. The number of amides is 1. The lowest BCUT2D eigenvalue weighted by molar-refractivity contribution is -0.134. The van der Waals surface area contributed by atoms with Gasteiger partial charge in [-0.25, -0.2) is 4.39 Å². The molecule has 1 fully saturated rings. The van der Waals surface area contributed by atoms with Gasteiger partial charge in [0.2, 0.25) is 5.91 Å². The largest absolute Gasteiger partial charge is 0.365 e. The Balaban J connectivity index is 1.45. The van der Waals surface area contributed by atoms with Crippen LogP contribution in [0.1, 0.15) is 12.5 Å². The van der Waals surface area contributed by atoms with Crippen LogP contribution in [0, 0.1) is 12.7 Å². The van der Waals surface area contributed by atoms with Gasteiger partial charge >= 0.3 is 0 Å². The predicted molar refractivity (Wildman–Crippen MR) is 107 cm³/mol. The van der Waals surface area contributed by atoms with Crippen molar-refractivity contribution < 1.29 is 9.18 Å². The van der Waals surface area contributed by atoms with Crippen LogP contribution in [0.4, 0.5) is 10.1 Å². The number of halogens is 2. The van der Waals surface area contributed by atoms with Crippen molar-refractivity contribution in [3.8, 4) is 0 Å². The number of anilines is 1. The molecule has 2 aromatic heterocycles. The van der Waals surface area contributed by atoms with Gasteiger partial charge in [-0.05, 0) is 37.6 Å². The van der Waals surface area contributed by atoms with Crippen LogP contribution in [-0.2, 0) is 11.3 Å². The van der Waals surface area contributed by atoms with Crippen molar-refractivity contribution in [1.82, 2.24) is 19.7 Å². The zero-order chi connectivity index (χ0) is 19.8. The van der Waals surface area contributed by atoms with Crippen LogP contribution < -0.4 is 4.90 Å². The van der Waals surface area contributed by atoms with E-state index in [1.54, 1.807) is 23.1 Å². The van der Waals surface area contributed by atoms with E-state index in [4.69, 9.17) is 11.6 Å². The fourth-order valence-electron chi connectivity index (χ4n) is 3.66. The molecule has 0 bridgehead atoms. The number of fused-ring (bicyclic) bond motifs is 1. The Morgan fingerprint density at radius 3 is 2.93 bits per heavy atom. The summed E-state index contributed by atoms with van der Waals surface area (Å²) in [7, 11) is 0. The summed E-state index contributed by atoms with van der Waals surface area (Å²) in [6.07, 6.45) is 5.24. The Hall–Kier alpha value is -2.67. The predicted octanol–water partition coefficient (Wildman–Crippen LogP) is 3.27. The van der Waals surface area contributed by atoms with Gasteiger partial charge in [0.15, 0.2) is 0 Å². The molecule has 1 atom stereocenters. The molecule has 4 rings (SSSR count). The molecular formula is C20H21ClFN5O. The zero-order valence-corrected chi connectivity index (χ0v) is 16.5. The third kappa shape index (κ3) is 3.54. The van der Waals surface area contributed by atoms with Crippen molar-refractivity contribution >= 4 is 34.1 Å². The van der Waals surface area contributed by atoms with Gasteiger partial charge in [0, 0.05) is 54.7 Å². The number of benzene rings is 1. The summed E-state index contributed by atoms with van der Waals surface area (Å²) in [5.41, 5.74) is 2.19. The summed E-state index contributed by atoms with van der Waals surface area (Å²) in [4.78, 5) is 20.7. The van der Waals surface area contributed by atoms with E-state index in [2.05, 4.69) is 10.1 Å². The fourth-order valence-corrected chi connectivity index (χ4v) is 3.81. The third-order valence-electron chi connectivity index (χ3n) is 5.17. The molecule has 1 saturated heterocycles. The van der Waals surface area contributed by atoms with Crippen LogP contribution in [0.3, 0.4) is 0 Å². The highest BCUT2D eigenvalue weighted by Gasteiger charge is 2.29. The smallest absolute Gasteiger partial charge is 0.244 e. The number of hydrogen-bond acceptors (Lipinski definition) is 4. The van der Waals surface area contributed by atoms with Crippen LogP contribution in [0.5, 0.6) is 0 Å². The number of carbonyl (C=O) groups is 1. The second-order valence-electron chi connectivity index (χ2n) is 7.20. The summed E-state index contributed by atoms with van der Waals surface area (Å²) >= 11 is 6.00. The van der Waals surface area contributed by atoms with E-state index < -0.39 is 0 Å². The normalized spacial score (nSPS) is 17.4. The zero-order valence-electron chi connectivity index (χ0n) is 15.8. The van der Waals surface area contributed by atoms with Crippen LogP contribution >= 0.6 is 11.6 Å². The van der Waals surface area contributed by atoms with Gasteiger partial charge in [-0.1, -0.05) is 11.6 Å². The van der Waals surface area contributed by atoms with Crippen molar-refractivity contribution in [2.24, 2.45) is 0 Å². The average Bonchev–Trinajstić information content (AvgIpc) is 3.06. The number of aryl methyl sites for hydroxylation is 1. The number of rotatable bonds is 3. The SMILES string of the molecule is Cc1cc(N2CCN(C(=O)Cn3cc4cnccc4n3)[C@@H](C)C2)c(F)cc1Cl. The quantitative estimate of drug-likeness (QED) is 0.676. The van der Waals surface area contributed by atoms with E-state index in [1.807, 2.05) is 35.9 Å². The Morgan fingerprint density at radius 1 is 1.36 bits per heavy atom. The molecule has 0 spiro atoms. The van der Waals surface area contributed by atoms with Gasteiger partial charge in [0.25, 0.3) is 0 Å². The molecule has 0 radical (unpaired) electrons. The Kier molecular flexibility index (Phi) is 4.93. The number of pyridine rings is 1. The lowest BCUT2D eigenvalue weighted by Crippen LogP contribution is -2.55. The summed E-state index contributed by atoms with van der Waals surface area (Å²) in [6, 6.07) is 4.90. The van der Waals surface area contributed by atoms with Gasteiger partial charge < -0.3 is 9.80 Å². The topological polar surface area (TPSA) is 54.3 Å². The molecule has 1 aliphatic rings. The molecule has 0 saturated carbocycles. The van der Waals surface area contributed by atoms with Crippen LogP contribution in [0.2, 0.25) is 5.02 Å². The molecule has 0 unspecified atom stereocenters. The monoisotopic (exact) mass is 401 g/mol. The van der Waals surface area contributed by atoms with Crippen molar-refractivity contribution in [1.29, 1.82) is 0 Å². The first-order valence-corrected chi connectivity index (χ1v) is 9.57. The molecular weight excluding hydrogens is 381 g/mol. The molecule has 0 aliphatic carbocycles. The summed E-state index contributed by atoms with van der Waals surface area (Å²) in [6.45, 7) is 5.68. The fraction of sp³-hybridized carbons (Fsp3) is 0.350. The third-order valence-corrected chi connectivity index (χ3v) is 5.57. The maximum absolute atomic E-state index is 14.4. The Morgan fingerprint density at radius 2 is 2.18 bits per heavy atom. The Labute approximate surface area is 167 Å². The first kappa shape index (κ1) is 18.7. The summed E-state index contributed by atoms with van der Waals surface area (Å²) in [5.74, 6) is -0.333. The second kappa shape index (κ2) is 7.39. The molecule has 3 heterocycles. The average molecular weight is 402 g/mol. The standard InChI is InChI=1S/C20H21ClFN5O/c1-13-7-19(17(22)8-16(13)21)25-5-6-27(14(2)10-25)20(28)12-26-11-15-9-23-4-3-18(15)24-26/h3-4,7-9,11,14H,5-6,10,12H2,1-2H3/t14-/m0/s1. The van der Waals surface area contributed by atoms with Crippen molar-refractivity contribution in [3.05, 3.63) is 53.2 Å². The van der Waals surface area contributed by atoms with Crippen LogP contribution in [-0.4, -0.2) is 51.2 Å². The molecule has 1 aromatic carbocycles. The van der Waals surface area contributed by atoms with E-state index in [0.29, 0.717) is 30.3 Å².